The summed E-state index contributed by atoms with van der Waals surface area (Å²) in [6, 6.07) is 8.07. The summed E-state index contributed by atoms with van der Waals surface area (Å²) in [6.07, 6.45) is 2.10. The lowest BCUT2D eigenvalue weighted by Gasteiger charge is -2.23. The van der Waals surface area contributed by atoms with Crippen molar-refractivity contribution in [3.05, 3.63) is 35.3 Å². The highest BCUT2D eigenvalue weighted by molar-refractivity contribution is 7.13. The maximum absolute atomic E-state index is 12.3. The van der Waals surface area contributed by atoms with Crippen molar-refractivity contribution in [2.75, 3.05) is 13.1 Å². The lowest BCUT2D eigenvalue weighted by molar-refractivity contribution is 0.0925. The van der Waals surface area contributed by atoms with Crippen LogP contribution in [0.2, 0.25) is 0 Å². The number of benzene rings is 1. The number of hydrogen-bond acceptors (Lipinski definition) is 5. The molecule has 2 aromatic rings. The van der Waals surface area contributed by atoms with Gasteiger partial charge in [-0.2, -0.15) is 0 Å². The molecule has 1 saturated heterocycles. The van der Waals surface area contributed by atoms with Gasteiger partial charge in [-0.05, 0) is 64.0 Å². The van der Waals surface area contributed by atoms with Gasteiger partial charge in [0.25, 0.3) is 5.91 Å². The number of ether oxygens (including phenoxy) is 1. The van der Waals surface area contributed by atoms with E-state index in [0.29, 0.717) is 5.69 Å². The van der Waals surface area contributed by atoms with Crippen molar-refractivity contribution in [3.8, 4) is 16.3 Å². The number of thiazole rings is 1. The number of hydrogen-bond donors (Lipinski definition) is 2. The van der Waals surface area contributed by atoms with Gasteiger partial charge in [-0.1, -0.05) is 0 Å². The van der Waals surface area contributed by atoms with E-state index in [-0.39, 0.29) is 18.1 Å². The molecule has 3 rings (SSSR count). The molecular formula is C18H23N3O2S. The third-order valence-electron chi connectivity index (χ3n) is 3.88. The zero-order valence-corrected chi connectivity index (χ0v) is 14.9. The van der Waals surface area contributed by atoms with E-state index in [1.807, 2.05) is 43.5 Å². The molecule has 1 fully saturated rings. The molecule has 0 spiro atoms. The van der Waals surface area contributed by atoms with Crippen molar-refractivity contribution in [2.45, 2.75) is 38.8 Å². The molecule has 0 atom stereocenters. The van der Waals surface area contributed by atoms with Crippen LogP contribution in [-0.2, 0) is 0 Å². The Morgan fingerprint density at radius 3 is 2.67 bits per heavy atom. The first-order valence-corrected chi connectivity index (χ1v) is 9.24. The highest BCUT2D eigenvalue weighted by Crippen LogP contribution is 2.26. The topological polar surface area (TPSA) is 63.2 Å². The van der Waals surface area contributed by atoms with Gasteiger partial charge in [-0.25, -0.2) is 4.98 Å². The average molecular weight is 345 g/mol. The van der Waals surface area contributed by atoms with Crippen LogP contribution in [0.15, 0.2) is 29.6 Å². The number of carbonyl (C=O) groups is 1. The Labute approximate surface area is 146 Å². The second-order valence-electron chi connectivity index (χ2n) is 6.23. The number of carbonyl (C=O) groups excluding carboxylic acids is 1. The number of nitrogens with zero attached hydrogens (tertiary/aromatic N) is 1. The lowest BCUT2D eigenvalue weighted by atomic mass is 10.1. The molecule has 0 saturated carbocycles. The minimum atomic E-state index is -0.0795. The first-order valence-electron chi connectivity index (χ1n) is 8.36. The molecule has 1 aromatic carbocycles. The van der Waals surface area contributed by atoms with Crippen LogP contribution < -0.4 is 15.4 Å². The fraction of sp³-hybridized carbons (Fsp3) is 0.444. The largest absolute Gasteiger partial charge is 0.491 e. The summed E-state index contributed by atoms with van der Waals surface area (Å²) in [5.74, 6) is 0.762. The zero-order chi connectivity index (χ0) is 16.9. The third kappa shape index (κ3) is 4.33. The van der Waals surface area contributed by atoms with Crippen molar-refractivity contribution in [2.24, 2.45) is 0 Å². The number of aromatic nitrogens is 1. The monoisotopic (exact) mass is 345 g/mol. The first kappa shape index (κ1) is 16.9. The van der Waals surface area contributed by atoms with Crippen molar-refractivity contribution in [1.82, 2.24) is 15.6 Å². The molecule has 128 valence electrons. The maximum Gasteiger partial charge on any atom is 0.270 e. The van der Waals surface area contributed by atoms with Crippen LogP contribution >= 0.6 is 11.3 Å². The van der Waals surface area contributed by atoms with E-state index in [1.54, 1.807) is 0 Å². The van der Waals surface area contributed by atoms with Crippen molar-refractivity contribution < 1.29 is 9.53 Å². The Morgan fingerprint density at radius 1 is 1.29 bits per heavy atom. The molecule has 1 aliphatic heterocycles. The van der Waals surface area contributed by atoms with E-state index in [2.05, 4.69) is 15.6 Å². The van der Waals surface area contributed by atoms with Gasteiger partial charge in [-0.3, -0.25) is 4.79 Å². The molecule has 6 heteroatoms. The Balaban J connectivity index is 1.65. The third-order valence-corrected chi connectivity index (χ3v) is 4.78. The summed E-state index contributed by atoms with van der Waals surface area (Å²) in [4.78, 5) is 16.8. The lowest BCUT2D eigenvalue weighted by Crippen LogP contribution is -2.42. The molecule has 0 bridgehead atoms. The maximum atomic E-state index is 12.3. The summed E-state index contributed by atoms with van der Waals surface area (Å²) >= 11 is 1.49. The van der Waals surface area contributed by atoms with Gasteiger partial charge < -0.3 is 15.4 Å². The van der Waals surface area contributed by atoms with Gasteiger partial charge in [0.2, 0.25) is 0 Å². The summed E-state index contributed by atoms with van der Waals surface area (Å²) in [6.45, 7) is 5.92. The van der Waals surface area contributed by atoms with Gasteiger partial charge in [0.15, 0.2) is 0 Å². The van der Waals surface area contributed by atoms with Gasteiger partial charge in [0.1, 0.15) is 16.5 Å². The SMILES string of the molecule is CC(C)Oc1ccc(-c2nc(C(=O)NC3CCNCC3)cs2)cc1. The van der Waals surface area contributed by atoms with Crippen LogP contribution in [0.25, 0.3) is 10.6 Å². The molecule has 0 aliphatic carbocycles. The second kappa shape index (κ2) is 7.77. The Bertz CT molecular complexity index is 676. The predicted molar refractivity (Wildman–Crippen MR) is 96.7 cm³/mol. The van der Waals surface area contributed by atoms with E-state index in [4.69, 9.17) is 4.74 Å². The molecule has 24 heavy (non-hydrogen) atoms. The normalized spacial score (nSPS) is 15.5. The van der Waals surface area contributed by atoms with E-state index in [0.717, 1.165) is 42.3 Å². The van der Waals surface area contributed by atoms with Crippen LogP contribution in [0.3, 0.4) is 0 Å². The number of amides is 1. The summed E-state index contributed by atoms with van der Waals surface area (Å²) < 4.78 is 5.65. The Hall–Kier alpha value is -1.92. The summed E-state index contributed by atoms with van der Waals surface area (Å²) in [7, 11) is 0. The Kier molecular flexibility index (Phi) is 5.48. The summed E-state index contributed by atoms with van der Waals surface area (Å²) in [5.41, 5.74) is 1.49. The molecule has 1 aliphatic rings. The van der Waals surface area contributed by atoms with E-state index < -0.39 is 0 Å². The average Bonchev–Trinajstić information content (AvgIpc) is 3.06. The standard InChI is InChI=1S/C18H23N3O2S/c1-12(2)23-15-5-3-13(4-6-15)18-21-16(11-24-18)17(22)20-14-7-9-19-10-8-14/h3-6,11-12,14,19H,7-10H2,1-2H3,(H,20,22). The molecule has 5 nitrogen and oxygen atoms in total. The molecule has 1 amide bonds. The van der Waals surface area contributed by atoms with Gasteiger partial charge in [0.05, 0.1) is 6.10 Å². The number of rotatable bonds is 5. The minimum absolute atomic E-state index is 0.0795. The molecule has 2 N–H and O–H groups in total. The predicted octanol–water partition coefficient (Wildman–Crippen LogP) is 3.08. The van der Waals surface area contributed by atoms with Crippen LogP contribution in [0.1, 0.15) is 37.2 Å². The van der Waals surface area contributed by atoms with E-state index >= 15 is 0 Å². The first-order chi connectivity index (χ1) is 11.6. The van der Waals surface area contributed by atoms with Crippen LogP contribution in [0, 0.1) is 0 Å². The molecule has 0 unspecified atom stereocenters. The van der Waals surface area contributed by atoms with Gasteiger partial charge in [0, 0.05) is 17.0 Å². The van der Waals surface area contributed by atoms with Gasteiger partial charge in [-0.15, -0.1) is 11.3 Å². The fourth-order valence-corrected chi connectivity index (χ4v) is 3.49. The minimum Gasteiger partial charge on any atom is -0.491 e. The molecule has 2 heterocycles. The van der Waals surface area contributed by atoms with E-state index in [1.165, 1.54) is 11.3 Å². The van der Waals surface area contributed by atoms with Crippen molar-refractivity contribution >= 4 is 17.2 Å². The molecular weight excluding hydrogens is 322 g/mol. The highest BCUT2D eigenvalue weighted by atomic mass is 32.1. The number of piperidine rings is 1. The van der Waals surface area contributed by atoms with Crippen LogP contribution in [-0.4, -0.2) is 36.1 Å². The Morgan fingerprint density at radius 2 is 2.00 bits per heavy atom. The summed E-state index contributed by atoms with van der Waals surface area (Å²) in [5, 5.41) is 9.04. The number of nitrogens with one attached hydrogen (secondary N) is 2. The molecule has 0 radical (unpaired) electrons. The van der Waals surface area contributed by atoms with Crippen molar-refractivity contribution in [1.29, 1.82) is 0 Å². The zero-order valence-electron chi connectivity index (χ0n) is 14.0. The molecule has 1 aromatic heterocycles. The smallest absolute Gasteiger partial charge is 0.270 e. The fourth-order valence-electron chi connectivity index (χ4n) is 2.68. The van der Waals surface area contributed by atoms with Gasteiger partial charge >= 0.3 is 0 Å². The second-order valence-corrected chi connectivity index (χ2v) is 7.08. The van der Waals surface area contributed by atoms with E-state index in [9.17, 15) is 4.79 Å². The van der Waals surface area contributed by atoms with Crippen LogP contribution in [0.4, 0.5) is 0 Å². The quantitative estimate of drug-likeness (QED) is 0.874. The van der Waals surface area contributed by atoms with Crippen molar-refractivity contribution in [3.63, 3.8) is 0 Å². The highest BCUT2D eigenvalue weighted by Gasteiger charge is 2.18. The van der Waals surface area contributed by atoms with Crippen LogP contribution in [0.5, 0.6) is 5.75 Å².